The van der Waals surface area contributed by atoms with E-state index in [-0.39, 0.29) is 41.9 Å². The van der Waals surface area contributed by atoms with Crippen LogP contribution in [-0.4, -0.2) is 79.5 Å². The van der Waals surface area contributed by atoms with E-state index in [1.807, 2.05) is 45.6 Å². The third-order valence-electron chi connectivity index (χ3n) is 7.12. The SMILES string of the molecule is CCC(C)N1Cc2c(n(CC(=O)N3CCN(CC)CC3)c3cc(C(C)(C)C)nn3c2=O)C1=O. The lowest BCUT2D eigenvalue weighted by molar-refractivity contribution is -0.133. The molecule has 0 bridgehead atoms. The number of aromatic nitrogens is 3. The lowest BCUT2D eigenvalue weighted by Crippen LogP contribution is -2.49. The molecule has 9 nitrogen and oxygen atoms in total. The topological polar surface area (TPSA) is 83.2 Å². The van der Waals surface area contributed by atoms with Gasteiger partial charge >= 0.3 is 0 Å². The Bertz CT molecular complexity index is 1130. The summed E-state index contributed by atoms with van der Waals surface area (Å²) >= 11 is 0. The molecule has 0 aliphatic carbocycles. The first-order chi connectivity index (χ1) is 15.6. The number of amides is 2. The predicted octanol–water partition coefficient (Wildman–Crippen LogP) is 1.71. The number of hydrogen-bond donors (Lipinski definition) is 0. The lowest BCUT2D eigenvalue weighted by Gasteiger charge is -2.34. The monoisotopic (exact) mass is 456 g/mol. The Labute approximate surface area is 194 Å². The average Bonchev–Trinajstić information content (AvgIpc) is 3.39. The average molecular weight is 457 g/mol. The van der Waals surface area contributed by atoms with Crippen LogP contribution in [0.5, 0.6) is 0 Å². The molecule has 180 valence electrons. The van der Waals surface area contributed by atoms with Gasteiger partial charge in [0.2, 0.25) is 5.91 Å². The van der Waals surface area contributed by atoms with Gasteiger partial charge in [0.05, 0.1) is 17.8 Å². The van der Waals surface area contributed by atoms with Crippen molar-refractivity contribution in [1.82, 2.24) is 28.9 Å². The number of carbonyl (C=O) groups is 2. The summed E-state index contributed by atoms with van der Waals surface area (Å²) in [6, 6.07) is 1.86. The van der Waals surface area contributed by atoms with Crippen molar-refractivity contribution in [2.24, 2.45) is 0 Å². The van der Waals surface area contributed by atoms with E-state index in [9.17, 15) is 14.4 Å². The molecular weight excluding hydrogens is 420 g/mol. The van der Waals surface area contributed by atoms with Crippen LogP contribution in [0.2, 0.25) is 0 Å². The number of fused-ring (bicyclic) bond motifs is 2. The van der Waals surface area contributed by atoms with Crippen LogP contribution in [0.15, 0.2) is 10.9 Å². The largest absolute Gasteiger partial charge is 0.339 e. The third-order valence-corrected chi connectivity index (χ3v) is 7.12. The minimum Gasteiger partial charge on any atom is -0.339 e. The molecule has 2 aliphatic rings. The summed E-state index contributed by atoms with van der Waals surface area (Å²) in [5.74, 6) is -0.215. The number of rotatable bonds is 5. The molecule has 1 unspecified atom stereocenters. The van der Waals surface area contributed by atoms with Crippen molar-refractivity contribution < 1.29 is 9.59 Å². The zero-order chi connectivity index (χ0) is 24.1. The Kier molecular flexibility index (Phi) is 6.11. The van der Waals surface area contributed by atoms with Gasteiger partial charge in [0.25, 0.3) is 11.5 Å². The Morgan fingerprint density at radius 3 is 2.36 bits per heavy atom. The van der Waals surface area contributed by atoms with E-state index in [0.29, 0.717) is 30.0 Å². The van der Waals surface area contributed by atoms with Crippen LogP contribution in [0, 0.1) is 0 Å². The second-order valence-electron chi connectivity index (χ2n) is 10.3. The molecule has 0 saturated carbocycles. The van der Waals surface area contributed by atoms with Gasteiger partial charge in [-0.25, -0.2) is 0 Å². The fourth-order valence-corrected chi connectivity index (χ4v) is 4.64. The highest BCUT2D eigenvalue weighted by molar-refractivity contribution is 5.98. The number of hydrogen-bond acceptors (Lipinski definition) is 5. The van der Waals surface area contributed by atoms with Crippen molar-refractivity contribution in [2.75, 3.05) is 32.7 Å². The maximum absolute atomic E-state index is 13.5. The molecule has 2 aromatic rings. The van der Waals surface area contributed by atoms with Crippen LogP contribution < -0.4 is 5.56 Å². The van der Waals surface area contributed by atoms with Crippen LogP contribution in [-0.2, 0) is 23.3 Å². The molecule has 4 rings (SSSR count). The second-order valence-corrected chi connectivity index (χ2v) is 10.3. The molecule has 9 heteroatoms. The molecule has 2 aromatic heterocycles. The molecule has 2 amide bonds. The maximum atomic E-state index is 13.5. The van der Waals surface area contributed by atoms with Gasteiger partial charge in [-0.2, -0.15) is 9.61 Å². The Balaban J connectivity index is 1.80. The summed E-state index contributed by atoms with van der Waals surface area (Å²) < 4.78 is 3.12. The molecular formula is C24H36N6O3. The quantitative estimate of drug-likeness (QED) is 0.684. The smallest absolute Gasteiger partial charge is 0.280 e. The molecule has 0 radical (unpaired) electrons. The number of carbonyl (C=O) groups excluding carboxylic acids is 2. The van der Waals surface area contributed by atoms with E-state index in [0.717, 1.165) is 31.7 Å². The zero-order valence-corrected chi connectivity index (χ0v) is 20.7. The van der Waals surface area contributed by atoms with E-state index >= 15 is 0 Å². The molecule has 4 heterocycles. The van der Waals surface area contributed by atoms with Gasteiger partial charge in [-0.3, -0.25) is 14.4 Å². The Morgan fingerprint density at radius 1 is 1.12 bits per heavy atom. The molecule has 0 aromatic carbocycles. The van der Waals surface area contributed by atoms with E-state index in [1.54, 1.807) is 9.47 Å². The fourth-order valence-electron chi connectivity index (χ4n) is 4.64. The number of nitrogens with zero attached hydrogens (tertiary/aromatic N) is 6. The van der Waals surface area contributed by atoms with Crippen LogP contribution in [0.3, 0.4) is 0 Å². The number of likely N-dealkylation sites (N-methyl/N-ethyl adjacent to an activating group) is 1. The van der Waals surface area contributed by atoms with Gasteiger partial charge in [0.15, 0.2) is 0 Å². The van der Waals surface area contributed by atoms with Crippen LogP contribution in [0.1, 0.15) is 69.7 Å². The zero-order valence-electron chi connectivity index (χ0n) is 20.7. The summed E-state index contributed by atoms with van der Waals surface area (Å²) in [5, 5.41) is 4.60. The van der Waals surface area contributed by atoms with Crippen molar-refractivity contribution in [3.05, 3.63) is 33.4 Å². The first-order valence-electron chi connectivity index (χ1n) is 12.0. The highest BCUT2D eigenvalue weighted by atomic mass is 16.2. The highest BCUT2D eigenvalue weighted by Gasteiger charge is 2.37. The van der Waals surface area contributed by atoms with E-state index in [4.69, 9.17) is 0 Å². The standard InChI is InChI=1S/C24H36N6O3/c1-7-16(3)28-14-17-21(23(28)33)29(15-20(31)27-11-9-26(8-2)10-12-27)19-13-18(24(4,5)6)25-30(19)22(17)32/h13,16H,7-12,14-15H2,1-6H3. The summed E-state index contributed by atoms with van der Waals surface area (Å²) in [6.07, 6.45) is 0.792. The first-order valence-corrected chi connectivity index (χ1v) is 12.0. The summed E-state index contributed by atoms with van der Waals surface area (Å²) in [6.45, 7) is 16.5. The molecule has 1 saturated heterocycles. The second kappa shape index (κ2) is 8.59. The van der Waals surface area contributed by atoms with Crippen molar-refractivity contribution in [1.29, 1.82) is 0 Å². The van der Waals surface area contributed by atoms with Gasteiger partial charge in [-0.15, -0.1) is 0 Å². The molecule has 1 fully saturated rings. The van der Waals surface area contributed by atoms with Gasteiger partial charge in [0.1, 0.15) is 17.9 Å². The molecule has 0 spiro atoms. The van der Waals surface area contributed by atoms with E-state index in [1.165, 1.54) is 4.52 Å². The molecule has 33 heavy (non-hydrogen) atoms. The lowest BCUT2D eigenvalue weighted by atomic mass is 9.93. The molecule has 1 atom stereocenters. The summed E-state index contributed by atoms with van der Waals surface area (Å²) in [4.78, 5) is 46.1. The van der Waals surface area contributed by atoms with Gasteiger partial charge < -0.3 is 19.3 Å². The van der Waals surface area contributed by atoms with Crippen LogP contribution in [0.25, 0.3) is 5.65 Å². The van der Waals surface area contributed by atoms with E-state index in [2.05, 4.69) is 16.9 Å². The fraction of sp³-hybridized carbons (Fsp3) is 0.667. The van der Waals surface area contributed by atoms with Gasteiger partial charge in [0, 0.05) is 43.7 Å². The van der Waals surface area contributed by atoms with Crippen molar-refractivity contribution in [2.45, 2.75) is 72.5 Å². The maximum Gasteiger partial charge on any atom is 0.280 e. The third kappa shape index (κ3) is 4.07. The van der Waals surface area contributed by atoms with E-state index < -0.39 is 0 Å². The number of piperazine rings is 1. The van der Waals surface area contributed by atoms with Gasteiger partial charge in [-0.1, -0.05) is 34.6 Å². The minimum absolute atomic E-state index is 0.00744. The predicted molar refractivity (Wildman–Crippen MR) is 126 cm³/mol. The summed E-state index contributed by atoms with van der Waals surface area (Å²) in [5.41, 5.74) is 1.49. The molecule has 0 N–H and O–H groups in total. The van der Waals surface area contributed by atoms with Crippen LogP contribution in [0.4, 0.5) is 0 Å². The van der Waals surface area contributed by atoms with Crippen molar-refractivity contribution in [3.8, 4) is 0 Å². The van der Waals surface area contributed by atoms with Crippen molar-refractivity contribution >= 4 is 17.5 Å². The highest BCUT2D eigenvalue weighted by Crippen LogP contribution is 2.27. The normalized spacial score (nSPS) is 18.3. The summed E-state index contributed by atoms with van der Waals surface area (Å²) in [7, 11) is 0. The Morgan fingerprint density at radius 2 is 1.79 bits per heavy atom. The minimum atomic E-state index is -0.270. The Hall–Kier alpha value is -2.68. The van der Waals surface area contributed by atoms with Crippen LogP contribution >= 0.6 is 0 Å². The van der Waals surface area contributed by atoms with Crippen molar-refractivity contribution in [3.63, 3.8) is 0 Å². The molecule has 2 aliphatic heterocycles. The van der Waals surface area contributed by atoms with Gasteiger partial charge in [-0.05, 0) is 19.9 Å². The first kappa shape index (κ1) is 23.5.